The van der Waals surface area contributed by atoms with E-state index in [0.717, 1.165) is 6.07 Å². The number of aromatic hydroxyl groups is 1. The third-order valence-electron chi connectivity index (χ3n) is 4.93. The molecular weight excluding hydrogens is 558 g/mol. The Morgan fingerprint density at radius 1 is 1.18 bits per heavy atom. The van der Waals surface area contributed by atoms with Gasteiger partial charge in [0.1, 0.15) is 17.1 Å². The minimum absolute atomic E-state index is 0.0155. The quantitative estimate of drug-likeness (QED) is 0.186. The van der Waals surface area contributed by atoms with Gasteiger partial charge in [-0.05, 0) is 30.7 Å². The van der Waals surface area contributed by atoms with Crippen molar-refractivity contribution in [2.75, 3.05) is 22.5 Å². The number of para-hydroxylation sites is 1. The average molecular weight is 577 g/mol. The summed E-state index contributed by atoms with van der Waals surface area (Å²) < 4.78 is 45.0. The van der Waals surface area contributed by atoms with Crippen molar-refractivity contribution in [2.24, 2.45) is 0 Å². The summed E-state index contributed by atoms with van der Waals surface area (Å²) in [6.45, 7) is 1.69. The molecule has 33 heavy (non-hydrogen) atoms. The Morgan fingerprint density at radius 2 is 1.85 bits per heavy atom. The maximum Gasteiger partial charge on any atom is 0.449 e. The first-order valence-electron chi connectivity index (χ1n) is 9.64. The number of halogens is 4. The summed E-state index contributed by atoms with van der Waals surface area (Å²) in [5.41, 5.74) is -1.93. The Hall–Kier alpha value is -3.03. The number of carbonyl (C=O) groups is 1. The van der Waals surface area contributed by atoms with Crippen LogP contribution in [0.25, 0.3) is 0 Å². The van der Waals surface area contributed by atoms with Crippen molar-refractivity contribution in [1.29, 1.82) is 0 Å². The van der Waals surface area contributed by atoms with Gasteiger partial charge >= 0.3 is 6.18 Å². The Bertz CT molecular complexity index is 1260. The Morgan fingerprint density at radius 3 is 2.39 bits per heavy atom. The predicted octanol–water partition coefficient (Wildman–Crippen LogP) is 4.35. The van der Waals surface area contributed by atoms with Crippen molar-refractivity contribution in [1.82, 2.24) is 4.90 Å². The molecule has 0 saturated carbocycles. The smallest absolute Gasteiger partial charge is 0.449 e. The molecule has 1 unspecified atom stereocenters. The highest BCUT2D eigenvalue weighted by Crippen LogP contribution is 2.40. The van der Waals surface area contributed by atoms with E-state index in [1.807, 2.05) is 0 Å². The highest BCUT2D eigenvalue weighted by molar-refractivity contribution is 14.1. The van der Waals surface area contributed by atoms with Crippen LogP contribution < -0.4 is 19.3 Å². The minimum Gasteiger partial charge on any atom is -0.505 e. The average Bonchev–Trinajstić information content (AvgIpc) is 3.24. The van der Waals surface area contributed by atoms with Gasteiger partial charge in [-0.2, -0.15) is 13.2 Å². The Kier molecular flexibility index (Phi) is 6.77. The fraction of sp³-hybridized carbons (Fsp3) is 0.286. The van der Waals surface area contributed by atoms with Gasteiger partial charge in [0.2, 0.25) is 5.76 Å². The van der Waals surface area contributed by atoms with Gasteiger partial charge in [0.05, 0.1) is 40.2 Å². The molecule has 0 saturated heterocycles. The molecule has 0 aliphatic heterocycles. The van der Waals surface area contributed by atoms with E-state index in [-0.39, 0.29) is 34.8 Å². The van der Waals surface area contributed by atoms with Gasteiger partial charge in [-0.25, -0.2) is 0 Å². The third-order valence-corrected chi connectivity index (χ3v) is 6.08. The zero-order chi connectivity index (χ0) is 24.7. The van der Waals surface area contributed by atoms with Gasteiger partial charge in [0.25, 0.3) is 16.8 Å². The molecule has 0 spiro atoms. The number of nitrogens with one attached hydrogen (secondary N) is 1. The van der Waals surface area contributed by atoms with Crippen LogP contribution in [-0.2, 0) is 6.18 Å². The zero-order valence-corrected chi connectivity index (χ0v) is 19.8. The van der Waals surface area contributed by atoms with Crippen LogP contribution in [0.2, 0.25) is 0 Å². The molecule has 0 aliphatic rings. The van der Waals surface area contributed by atoms with Crippen LogP contribution in [-0.4, -0.2) is 30.0 Å². The van der Waals surface area contributed by atoms with Crippen LogP contribution in [0.4, 0.5) is 30.2 Å². The summed E-state index contributed by atoms with van der Waals surface area (Å²) in [5, 5.41) is 13.2. The number of benzene rings is 1. The summed E-state index contributed by atoms with van der Waals surface area (Å²) in [4.78, 5) is 38.1. The first-order valence-corrected chi connectivity index (χ1v) is 10.6. The lowest BCUT2D eigenvalue weighted by molar-refractivity contribution is -0.153. The lowest BCUT2D eigenvalue weighted by atomic mass is 10.1. The summed E-state index contributed by atoms with van der Waals surface area (Å²) in [6.07, 6.45) is -4.39. The number of rotatable bonds is 7. The van der Waals surface area contributed by atoms with Crippen molar-refractivity contribution in [2.45, 2.75) is 25.6 Å². The highest BCUT2D eigenvalue weighted by atomic mass is 127. The molecule has 176 valence electrons. The van der Waals surface area contributed by atoms with E-state index >= 15 is 0 Å². The van der Waals surface area contributed by atoms with Gasteiger partial charge in [-0.15, -0.1) is 0 Å². The van der Waals surface area contributed by atoms with Crippen LogP contribution in [0.1, 0.15) is 41.3 Å². The number of phenols is 1. The summed E-state index contributed by atoms with van der Waals surface area (Å²) in [5.74, 6) is -2.08. The zero-order valence-electron chi connectivity index (χ0n) is 17.7. The molecule has 1 atom stereocenters. The maximum atomic E-state index is 12.9. The van der Waals surface area contributed by atoms with Crippen molar-refractivity contribution in [3.63, 3.8) is 0 Å². The van der Waals surface area contributed by atoms with E-state index in [2.05, 4.69) is 5.32 Å². The lowest BCUT2D eigenvalue weighted by Crippen LogP contribution is -2.39. The van der Waals surface area contributed by atoms with E-state index in [0.29, 0.717) is 0 Å². The van der Waals surface area contributed by atoms with Crippen LogP contribution >= 0.6 is 22.9 Å². The number of hydrogen-bond acceptors (Lipinski definition) is 7. The molecule has 0 bridgehead atoms. The number of carbonyl (C=O) groups excluding carboxylic acids is 1. The highest BCUT2D eigenvalue weighted by Gasteiger charge is 2.37. The number of anilines is 3. The first kappa shape index (κ1) is 24.6. The molecule has 1 amide bonds. The standard InChI is InChI=1S/C21H19F3IN3O5/c1-4-12(13-8-9-14(33-13)21(22,23)24)28(25)16-15(18(30)19(16)31)26-11-7-5-6-10(17(11)29)20(32)27(2)3/h5-9,12,26,29H,4H2,1-3H3. The van der Waals surface area contributed by atoms with E-state index in [4.69, 9.17) is 4.42 Å². The fourth-order valence-corrected chi connectivity index (χ4v) is 4.33. The number of alkyl halides is 3. The van der Waals surface area contributed by atoms with Crippen molar-refractivity contribution < 1.29 is 27.5 Å². The molecule has 0 aliphatic carbocycles. The molecule has 12 heteroatoms. The summed E-state index contributed by atoms with van der Waals surface area (Å²) in [6, 6.07) is 5.50. The second-order valence-corrected chi connectivity index (χ2v) is 8.38. The first-order chi connectivity index (χ1) is 15.4. The fourth-order valence-electron chi connectivity index (χ4n) is 3.21. The lowest BCUT2D eigenvalue weighted by Gasteiger charge is -2.28. The number of furan rings is 1. The second kappa shape index (κ2) is 9.08. The topological polar surface area (TPSA) is 103 Å². The monoisotopic (exact) mass is 577 g/mol. The molecule has 1 aromatic heterocycles. The van der Waals surface area contributed by atoms with Crippen LogP contribution in [0.15, 0.2) is 44.3 Å². The molecular formula is C21H19F3IN3O5. The number of amides is 1. The molecule has 3 aromatic rings. The van der Waals surface area contributed by atoms with Crippen LogP contribution in [0.3, 0.4) is 0 Å². The van der Waals surface area contributed by atoms with Gasteiger partial charge in [-0.1, -0.05) is 13.0 Å². The second-order valence-electron chi connectivity index (χ2n) is 7.34. The van der Waals surface area contributed by atoms with E-state index in [1.165, 1.54) is 46.4 Å². The van der Waals surface area contributed by atoms with E-state index < -0.39 is 40.5 Å². The molecule has 0 radical (unpaired) electrons. The molecule has 3 rings (SSSR count). The number of phenolic OH excluding ortho intramolecular Hbond substituents is 1. The molecule has 8 nitrogen and oxygen atoms in total. The van der Waals surface area contributed by atoms with Crippen molar-refractivity contribution >= 4 is 45.8 Å². The molecule has 0 fully saturated rings. The van der Waals surface area contributed by atoms with Crippen molar-refractivity contribution in [3.8, 4) is 5.75 Å². The summed E-state index contributed by atoms with van der Waals surface area (Å²) >= 11 is 1.73. The van der Waals surface area contributed by atoms with Gasteiger partial charge in [-0.3, -0.25) is 17.5 Å². The molecule has 2 N–H and O–H groups in total. The predicted molar refractivity (Wildman–Crippen MR) is 124 cm³/mol. The third kappa shape index (κ3) is 4.56. The molecule has 2 aromatic carbocycles. The van der Waals surface area contributed by atoms with E-state index in [1.54, 1.807) is 29.8 Å². The van der Waals surface area contributed by atoms with Crippen LogP contribution in [0.5, 0.6) is 5.75 Å². The van der Waals surface area contributed by atoms with Gasteiger partial charge < -0.3 is 19.7 Å². The van der Waals surface area contributed by atoms with E-state index in [9.17, 15) is 32.7 Å². The number of nitrogens with zero attached hydrogens (tertiary/aromatic N) is 2. The normalized spacial score (nSPS) is 12.6. The Labute approximate surface area is 199 Å². The SMILES string of the molecule is CCC(c1ccc(C(F)(F)F)o1)N(I)c1c(Nc2cccc(C(=O)N(C)C)c2O)c(=O)c1=O. The van der Waals surface area contributed by atoms with Crippen molar-refractivity contribution in [3.05, 3.63) is 67.9 Å². The van der Waals surface area contributed by atoms with Gasteiger partial charge in [0.15, 0.2) is 5.75 Å². The summed E-state index contributed by atoms with van der Waals surface area (Å²) in [7, 11) is 3.02. The number of hydrogen-bond donors (Lipinski definition) is 2. The Balaban J connectivity index is 1.96. The largest absolute Gasteiger partial charge is 0.505 e. The van der Waals surface area contributed by atoms with Crippen LogP contribution in [0, 0.1) is 0 Å². The van der Waals surface area contributed by atoms with Gasteiger partial charge in [0, 0.05) is 14.1 Å². The molecule has 1 heterocycles. The minimum atomic E-state index is -4.66. The maximum absolute atomic E-state index is 12.9.